The quantitative estimate of drug-likeness (QED) is 0.771. The molecule has 1 fully saturated rings. The molecule has 0 bridgehead atoms. The molecule has 2 nitrogen and oxygen atoms in total. The van der Waals surface area contributed by atoms with Crippen molar-refractivity contribution in [3.8, 4) is 0 Å². The van der Waals surface area contributed by atoms with Crippen LogP contribution >= 0.6 is 0 Å². The highest BCUT2D eigenvalue weighted by Gasteiger charge is 2.52. The molecule has 1 N–H and O–H groups in total. The topological polar surface area (TPSA) is 37.3 Å². The predicted octanol–water partition coefficient (Wildman–Crippen LogP) is 2.52. The maximum absolute atomic E-state index is 12.2. The molecule has 0 heterocycles. The molecule has 1 aromatic rings. The fourth-order valence-electron chi connectivity index (χ4n) is 2.60. The Labute approximate surface area is 96.3 Å². The van der Waals surface area contributed by atoms with Crippen molar-refractivity contribution in [2.45, 2.75) is 19.8 Å². The minimum Gasteiger partial charge on any atom is -0.396 e. The number of aliphatic hydroxyl groups is 1. The van der Waals surface area contributed by atoms with Crippen LogP contribution in [0.25, 0.3) is 0 Å². The molecule has 3 atom stereocenters. The highest BCUT2D eigenvalue weighted by atomic mass is 16.3. The molecule has 1 saturated carbocycles. The summed E-state index contributed by atoms with van der Waals surface area (Å²) in [7, 11) is 0. The van der Waals surface area contributed by atoms with Crippen LogP contribution in [0.3, 0.4) is 0 Å². The van der Waals surface area contributed by atoms with Gasteiger partial charge in [-0.05, 0) is 18.3 Å². The van der Waals surface area contributed by atoms with Crippen molar-refractivity contribution in [2.24, 2.45) is 17.8 Å². The summed E-state index contributed by atoms with van der Waals surface area (Å²) < 4.78 is 0. The molecule has 0 amide bonds. The summed E-state index contributed by atoms with van der Waals surface area (Å²) >= 11 is 0. The first-order chi connectivity index (χ1) is 7.79. The first kappa shape index (κ1) is 11.3. The number of carbonyl (C=O) groups excluding carboxylic acids is 1. The largest absolute Gasteiger partial charge is 0.396 e. The van der Waals surface area contributed by atoms with Crippen LogP contribution < -0.4 is 0 Å². The Morgan fingerprint density at radius 3 is 2.50 bits per heavy atom. The van der Waals surface area contributed by atoms with Crippen LogP contribution in [0, 0.1) is 17.8 Å². The van der Waals surface area contributed by atoms with E-state index in [1.807, 2.05) is 30.3 Å². The highest BCUT2D eigenvalue weighted by Crippen LogP contribution is 2.50. The second-order valence-electron chi connectivity index (χ2n) is 4.56. The number of aliphatic hydroxyl groups excluding tert-OH is 1. The van der Waals surface area contributed by atoms with Crippen molar-refractivity contribution in [3.63, 3.8) is 0 Å². The van der Waals surface area contributed by atoms with Crippen LogP contribution in [0.2, 0.25) is 0 Å². The third-order valence-electron chi connectivity index (χ3n) is 3.53. The van der Waals surface area contributed by atoms with Gasteiger partial charge in [0.2, 0.25) is 0 Å². The second kappa shape index (κ2) is 4.79. The molecule has 0 aromatic heterocycles. The molecule has 2 heteroatoms. The van der Waals surface area contributed by atoms with Crippen molar-refractivity contribution in [3.05, 3.63) is 35.9 Å². The van der Waals surface area contributed by atoms with Crippen LogP contribution in [-0.4, -0.2) is 17.5 Å². The molecular weight excluding hydrogens is 200 g/mol. The molecule has 2 rings (SSSR count). The van der Waals surface area contributed by atoms with Crippen molar-refractivity contribution in [1.29, 1.82) is 0 Å². The van der Waals surface area contributed by atoms with Gasteiger partial charge in [-0.3, -0.25) is 4.79 Å². The Bertz CT molecular complexity index is 358. The van der Waals surface area contributed by atoms with E-state index in [1.165, 1.54) is 0 Å². The molecule has 0 unspecified atom stereocenters. The van der Waals surface area contributed by atoms with Gasteiger partial charge in [0, 0.05) is 18.1 Å². The zero-order valence-corrected chi connectivity index (χ0v) is 9.60. The van der Waals surface area contributed by atoms with E-state index < -0.39 is 0 Å². The minimum atomic E-state index is 0.0624. The smallest absolute Gasteiger partial charge is 0.166 e. The summed E-state index contributed by atoms with van der Waals surface area (Å²) in [5.41, 5.74) is 0.782. The Morgan fingerprint density at radius 1 is 1.25 bits per heavy atom. The van der Waals surface area contributed by atoms with Gasteiger partial charge in [-0.15, -0.1) is 0 Å². The van der Waals surface area contributed by atoms with Gasteiger partial charge in [-0.2, -0.15) is 0 Å². The van der Waals surface area contributed by atoms with Crippen LogP contribution in [-0.2, 0) is 0 Å². The molecule has 0 spiro atoms. The van der Waals surface area contributed by atoms with E-state index in [0.717, 1.165) is 18.4 Å². The molecule has 0 aliphatic heterocycles. The first-order valence-corrected chi connectivity index (χ1v) is 5.99. The van der Waals surface area contributed by atoms with Gasteiger partial charge in [-0.25, -0.2) is 0 Å². The van der Waals surface area contributed by atoms with Gasteiger partial charge in [0.1, 0.15) is 0 Å². The van der Waals surface area contributed by atoms with Crippen molar-refractivity contribution < 1.29 is 9.90 Å². The summed E-state index contributed by atoms with van der Waals surface area (Å²) in [5, 5.41) is 9.22. The maximum Gasteiger partial charge on any atom is 0.166 e. The molecule has 1 aliphatic rings. The Balaban J connectivity index is 2.06. The molecule has 86 valence electrons. The lowest BCUT2D eigenvalue weighted by molar-refractivity contribution is 0.0949. The molecule has 0 radical (unpaired) electrons. The molecule has 1 aromatic carbocycles. The first-order valence-electron chi connectivity index (χ1n) is 5.99. The number of carbonyl (C=O) groups is 1. The SMILES string of the molecule is CCC[C@@H]1[C@H](CO)[C@@H]1C(=O)c1ccccc1. The van der Waals surface area contributed by atoms with Gasteiger partial charge in [0.05, 0.1) is 0 Å². The van der Waals surface area contributed by atoms with Crippen LogP contribution in [0.4, 0.5) is 0 Å². The van der Waals surface area contributed by atoms with Crippen molar-refractivity contribution >= 4 is 5.78 Å². The van der Waals surface area contributed by atoms with E-state index in [9.17, 15) is 9.90 Å². The number of Topliss-reactive ketones (excluding diaryl/α,β-unsaturated/α-hetero) is 1. The monoisotopic (exact) mass is 218 g/mol. The normalized spacial score (nSPS) is 27.8. The fourth-order valence-corrected chi connectivity index (χ4v) is 2.60. The number of hydrogen-bond acceptors (Lipinski definition) is 2. The molecule has 0 saturated heterocycles. The predicted molar refractivity (Wildman–Crippen MR) is 63.2 cm³/mol. The number of rotatable bonds is 5. The zero-order valence-electron chi connectivity index (χ0n) is 9.60. The van der Waals surface area contributed by atoms with Gasteiger partial charge >= 0.3 is 0 Å². The summed E-state index contributed by atoms with van der Waals surface area (Å²) in [5.74, 6) is 0.876. The van der Waals surface area contributed by atoms with Gasteiger partial charge in [-0.1, -0.05) is 43.7 Å². The van der Waals surface area contributed by atoms with E-state index in [2.05, 4.69) is 6.92 Å². The molecular formula is C14H18O2. The van der Waals surface area contributed by atoms with E-state index >= 15 is 0 Å². The summed E-state index contributed by atoms with van der Waals surface area (Å²) in [6.45, 7) is 2.27. The van der Waals surface area contributed by atoms with E-state index in [1.54, 1.807) is 0 Å². The van der Waals surface area contributed by atoms with Crippen LogP contribution in [0.5, 0.6) is 0 Å². The Kier molecular flexibility index (Phi) is 3.39. The minimum absolute atomic E-state index is 0.0624. The lowest BCUT2D eigenvalue weighted by Crippen LogP contribution is -2.05. The standard InChI is InChI=1S/C14H18O2/c1-2-6-11-12(9-15)13(11)14(16)10-7-4-3-5-8-10/h3-5,7-8,11-13,15H,2,6,9H2,1H3/t11-,12+,13-/m1/s1. The third kappa shape index (κ3) is 2.03. The second-order valence-corrected chi connectivity index (χ2v) is 4.56. The summed E-state index contributed by atoms with van der Waals surface area (Å²) in [6, 6.07) is 9.41. The molecule has 16 heavy (non-hydrogen) atoms. The van der Waals surface area contributed by atoms with Crippen LogP contribution in [0.1, 0.15) is 30.1 Å². The maximum atomic E-state index is 12.2. The average Bonchev–Trinajstić information content (AvgIpc) is 3.03. The number of hydrogen-bond donors (Lipinski definition) is 1. The van der Waals surface area contributed by atoms with Crippen LogP contribution in [0.15, 0.2) is 30.3 Å². The third-order valence-corrected chi connectivity index (χ3v) is 3.53. The fraction of sp³-hybridized carbons (Fsp3) is 0.500. The lowest BCUT2D eigenvalue weighted by Gasteiger charge is -1.99. The van der Waals surface area contributed by atoms with E-state index in [0.29, 0.717) is 5.92 Å². The number of ketones is 1. The number of benzene rings is 1. The van der Waals surface area contributed by atoms with E-state index in [4.69, 9.17) is 0 Å². The Hall–Kier alpha value is -1.15. The Morgan fingerprint density at radius 2 is 1.94 bits per heavy atom. The van der Waals surface area contributed by atoms with Gasteiger partial charge in [0.25, 0.3) is 0 Å². The van der Waals surface area contributed by atoms with Gasteiger partial charge < -0.3 is 5.11 Å². The van der Waals surface area contributed by atoms with Crippen molar-refractivity contribution in [2.75, 3.05) is 6.61 Å². The summed E-state index contributed by atoms with van der Waals surface area (Å²) in [6.07, 6.45) is 2.13. The zero-order chi connectivity index (χ0) is 11.5. The lowest BCUT2D eigenvalue weighted by atomic mass is 10.0. The summed E-state index contributed by atoms with van der Waals surface area (Å²) in [4.78, 5) is 12.2. The molecule has 1 aliphatic carbocycles. The average molecular weight is 218 g/mol. The van der Waals surface area contributed by atoms with Gasteiger partial charge in [0.15, 0.2) is 5.78 Å². The highest BCUT2D eigenvalue weighted by molar-refractivity contribution is 6.00. The van der Waals surface area contributed by atoms with Crippen molar-refractivity contribution in [1.82, 2.24) is 0 Å². The van der Waals surface area contributed by atoms with E-state index in [-0.39, 0.29) is 24.2 Å².